The predicted molar refractivity (Wildman–Crippen MR) is 60.6 cm³/mol. The average Bonchev–Trinajstić information content (AvgIpc) is 2.05. The summed E-state index contributed by atoms with van der Waals surface area (Å²) in [4.78, 5) is 11.2. The van der Waals surface area contributed by atoms with Crippen molar-refractivity contribution in [3.63, 3.8) is 0 Å². The number of carbonyl (C=O) groups is 1. The molecule has 0 heterocycles. The second-order valence-electron chi connectivity index (χ2n) is 3.42. The van der Waals surface area contributed by atoms with Crippen LogP contribution in [0.4, 0.5) is 0 Å². The second kappa shape index (κ2) is 9.28. The van der Waals surface area contributed by atoms with Crippen molar-refractivity contribution in [3.05, 3.63) is 0 Å². The van der Waals surface area contributed by atoms with Gasteiger partial charge in [0.15, 0.2) is 0 Å². The Kier molecular flexibility index (Phi) is 10.7. The molecular weight excluding hydrogens is 202 g/mol. The standard InChI is InChI=1S/C10H21NO2.ClH/c1-4-6-9(7-5-2)13-10(12)8(3)11;/h8-9H,4-7,11H2,1-3H3;1H/t8-;/m0./s1. The largest absolute Gasteiger partial charge is 0.461 e. The molecule has 0 spiro atoms. The zero-order valence-electron chi connectivity index (χ0n) is 9.29. The SMILES string of the molecule is CCCC(CCC)OC(=O)[C@H](C)N.Cl. The Morgan fingerprint density at radius 1 is 1.29 bits per heavy atom. The first kappa shape index (κ1) is 16.2. The van der Waals surface area contributed by atoms with Crippen LogP contribution in [0.2, 0.25) is 0 Å². The van der Waals surface area contributed by atoms with Gasteiger partial charge in [-0.15, -0.1) is 12.4 Å². The minimum absolute atomic E-state index is 0. The normalized spacial score (nSPS) is 12.1. The van der Waals surface area contributed by atoms with Crippen LogP contribution >= 0.6 is 12.4 Å². The van der Waals surface area contributed by atoms with E-state index in [1.54, 1.807) is 6.92 Å². The molecule has 14 heavy (non-hydrogen) atoms. The zero-order valence-corrected chi connectivity index (χ0v) is 10.1. The van der Waals surface area contributed by atoms with Crippen molar-refractivity contribution in [1.82, 2.24) is 0 Å². The molecule has 0 amide bonds. The van der Waals surface area contributed by atoms with E-state index in [1.165, 1.54) is 0 Å². The summed E-state index contributed by atoms with van der Waals surface area (Å²) in [5.74, 6) is -0.285. The number of hydrogen-bond donors (Lipinski definition) is 1. The summed E-state index contributed by atoms with van der Waals surface area (Å²) in [5, 5.41) is 0. The first-order valence-electron chi connectivity index (χ1n) is 5.07. The topological polar surface area (TPSA) is 52.3 Å². The summed E-state index contributed by atoms with van der Waals surface area (Å²) < 4.78 is 5.23. The fourth-order valence-corrected chi connectivity index (χ4v) is 1.18. The van der Waals surface area contributed by atoms with Gasteiger partial charge in [0.1, 0.15) is 12.1 Å². The van der Waals surface area contributed by atoms with Gasteiger partial charge in [0.2, 0.25) is 0 Å². The molecular formula is C10H22ClNO2. The molecule has 0 aliphatic heterocycles. The molecule has 0 saturated heterocycles. The van der Waals surface area contributed by atoms with Crippen LogP contribution < -0.4 is 5.73 Å². The van der Waals surface area contributed by atoms with E-state index >= 15 is 0 Å². The zero-order chi connectivity index (χ0) is 10.3. The fourth-order valence-electron chi connectivity index (χ4n) is 1.18. The van der Waals surface area contributed by atoms with E-state index in [-0.39, 0.29) is 24.5 Å². The van der Waals surface area contributed by atoms with Crippen LogP contribution in [0, 0.1) is 0 Å². The van der Waals surface area contributed by atoms with E-state index in [2.05, 4.69) is 13.8 Å². The van der Waals surface area contributed by atoms with E-state index in [0.717, 1.165) is 25.7 Å². The highest BCUT2D eigenvalue weighted by atomic mass is 35.5. The average molecular weight is 224 g/mol. The first-order valence-corrected chi connectivity index (χ1v) is 5.07. The molecule has 0 aromatic heterocycles. The lowest BCUT2D eigenvalue weighted by Crippen LogP contribution is -2.32. The van der Waals surface area contributed by atoms with Crippen LogP contribution in [0.5, 0.6) is 0 Å². The molecule has 0 aliphatic rings. The lowest BCUT2D eigenvalue weighted by atomic mass is 10.1. The van der Waals surface area contributed by atoms with Gasteiger partial charge in [0.05, 0.1) is 0 Å². The molecule has 0 aromatic carbocycles. The predicted octanol–water partition coefficient (Wildman–Crippen LogP) is 2.27. The third-order valence-electron chi connectivity index (χ3n) is 1.88. The van der Waals surface area contributed by atoms with Crippen molar-refractivity contribution in [2.24, 2.45) is 5.73 Å². The fraction of sp³-hybridized carbons (Fsp3) is 0.900. The second-order valence-corrected chi connectivity index (χ2v) is 3.42. The van der Waals surface area contributed by atoms with E-state index in [1.807, 2.05) is 0 Å². The molecule has 0 aromatic rings. The van der Waals surface area contributed by atoms with Gasteiger partial charge in [-0.05, 0) is 19.8 Å². The summed E-state index contributed by atoms with van der Waals surface area (Å²) in [6.45, 7) is 5.82. The van der Waals surface area contributed by atoms with E-state index < -0.39 is 6.04 Å². The molecule has 2 N–H and O–H groups in total. The van der Waals surface area contributed by atoms with Crippen LogP contribution in [0.25, 0.3) is 0 Å². The smallest absolute Gasteiger partial charge is 0.322 e. The van der Waals surface area contributed by atoms with Crippen molar-refractivity contribution in [2.45, 2.75) is 58.6 Å². The van der Waals surface area contributed by atoms with Crippen LogP contribution in [0.1, 0.15) is 46.5 Å². The van der Waals surface area contributed by atoms with Gasteiger partial charge in [0, 0.05) is 0 Å². The van der Waals surface area contributed by atoms with Gasteiger partial charge in [0.25, 0.3) is 0 Å². The summed E-state index contributed by atoms with van der Waals surface area (Å²) in [7, 11) is 0. The monoisotopic (exact) mass is 223 g/mol. The van der Waals surface area contributed by atoms with Gasteiger partial charge in [-0.2, -0.15) is 0 Å². The number of carbonyl (C=O) groups excluding carboxylic acids is 1. The lowest BCUT2D eigenvalue weighted by molar-refractivity contribution is -0.150. The minimum atomic E-state index is -0.504. The Morgan fingerprint density at radius 2 is 1.71 bits per heavy atom. The van der Waals surface area contributed by atoms with Gasteiger partial charge in [-0.1, -0.05) is 26.7 Å². The third-order valence-corrected chi connectivity index (χ3v) is 1.88. The molecule has 0 unspecified atom stereocenters. The summed E-state index contributed by atoms with van der Waals surface area (Å²) in [6.07, 6.45) is 4.01. The van der Waals surface area contributed by atoms with Crippen LogP contribution in [0.3, 0.4) is 0 Å². The molecule has 86 valence electrons. The van der Waals surface area contributed by atoms with Crippen molar-refractivity contribution < 1.29 is 9.53 Å². The van der Waals surface area contributed by atoms with Crippen molar-refractivity contribution in [1.29, 1.82) is 0 Å². The molecule has 0 rings (SSSR count). The highest BCUT2D eigenvalue weighted by Crippen LogP contribution is 2.09. The number of ether oxygens (including phenoxy) is 1. The lowest BCUT2D eigenvalue weighted by Gasteiger charge is -2.17. The van der Waals surface area contributed by atoms with E-state index in [0.29, 0.717) is 0 Å². The highest BCUT2D eigenvalue weighted by Gasteiger charge is 2.15. The summed E-state index contributed by atoms with van der Waals surface area (Å²) in [6, 6.07) is -0.504. The number of nitrogens with two attached hydrogens (primary N) is 1. The molecule has 1 atom stereocenters. The van der Waals surface area contributed by atoms with Crippen LogP contribution in [-0.4, -0.2) is 18.1 Å². The maximum atomic E-state index is 11.2. The molecule has 0 bridgehead atoms. The Morgan fingerprint density at radius 3 is 2.00 bits per heavy atom. The van der Waals surface area contributed by atoms with Gasteiger partial charge in [-0.25, -0.2) is 0 Å². The Hall–Kier alpha value is -0.280. The van der Waals surface area contributed by atoms with Crippen LogP contribution in [-0.2, 0) is 9.53 Å². The molecule has 3 nitrogen and oxygen atoms in total. The summed E-state index contributed by atoms with van der Waals surface area (Å²) >= 11 is 0. The Bertz CT molecular complexity index is 145. The summed E-state index contributed by atoms with van der Waals surface area (Å²) in [5.41, 5.74) is 5.40. The van der Waals surface area contributed by atoms with Crippen molar-refractivity contribution >= 4 is 18.4 Å². The highest BCUT2D eigenvalue weighted by molar-refractivity contribution is 5.85. The van der Waals surface area contributed by atoms with Gasteiger partial charge < -0.3 is 10.5 Å². The number of esters is 1. The molecule has 0 fully saturated rings. The van der Waals surface area contributed by atoms with E-state index in [9.17, 15) is 4.79 Å². The number of rotatable bonds is 6. The molecule has 0 saturated carbocycles. The van der Waals surface area contributed by atoms with Gasteiger partial charge >= 0.3 is 5.97 Å². The molecule has 0 radical (unpaired) electrons. The molecule has 4 heteroatoms. The minimum Gasteiger partial charge on any atom is -0.461 e. The quantitative estimate of drug-likeness (QED) is 0.703. The number of halogens is 1. The van der Waals surface area contributed by atoms with Crippen LogP contribution in [0.15, 0.2) is 0 Å². The maximum absolute atomic E-state index is 11.2. The number of hydrogen-bond acceptors (Lipinski definition) is 3. The first-order chi connectivity index (χ1) is 6.11. The van der Waals surface area contributed by atoms with Crippen molar-refractivity contribution in [3.8, 4) is 0 Å². The van der Waals surface area contributed by atoms with Crippen molar-refractivity contribution in [2.75, 3.05) is 0 Å². The molecule has 0 aliphatic carbocycles. The van der Waals surface area contributed by atoms with E-state index in [4.69, 9.17) is 10.5 Å². The third kappa shape index (κ3) is 7.15. The Labute approximate surface area is 92.8 Å². The van der Waals surface area contributed by atoms with Gasteiger partial charge in [-0.3, -0.25) is 4.79 Å². The maximum Gasteiger partial charge on any atom is 0.322 e. The Balaban J connectivity index is 0.